The highest BCUT2D eigenvalue weighted by molar-refractivity contribution is 5.55. The van der Waals surface area contributed by atoms with Gasteiger partial charge in [-0.3, -0.25) is 0 Å². The van der Waals surface area contributed by atoms with E-state index in [-0.39, 0.29) is 0 Å². The third-order valence-corrected chi connectivity index (χ3v) is 5.61. The Kier molecular flexibility index (Phi) is 11.9. The molecule has 2 rings (SSSR count). The first-order valence-corrected chi connectivity index (χ1v) is 11.9. The van der Waals surface area contributed by atoms with E-state index < -0.39 is 0 Å². The molecule has 0 unspecified atom stereocenters. The summed E-state index contributed by atoms with van der Waals surface area (Å²) in [5.41, 5.74) is 2.27. The topological polar surface area (TPSA) is 35.0 Å². The summed E-state index contributed by atoms with van der Waals surface area (Å²) in [5.74, 6) is 2.55. The molecule has 1 aromatic carbocycles. The lowest BCUT2D eigenvalue weighted by Crippen LogP contribution is -1.97. The highest BCUT2D eigenvalue weighted by Crippen LogP contribution is 2.20. The number of allylic oxidation sites excluding steroid dienone is 2. The zero-order valence-electron chi connectivity index (χ0n) is 19.3. The molecule has 3 heteroatoms. The molecule has 30 heavy (non-hydrogen) atoms. The maximum Gasteiger partial charge on any atom is 0.159 e. The number of hydrogen-bond donors (Lipinski definition) is 0. The monoisotopic (exact) mass is 408 g/mol. The van der Waals surface area contributed by atoms with Crippen molar-refractivity contribution in [2.45, 2.75) is 85.0 Å². The summed E-state index contributed by atoms with van der Waals surface area (Å²) in [5, 5.41) is 0. The number of aryl methyl sites for hydroxylation is 1. The highest BCUT2D eigenvalue weighted by Gasteiger charge is 2.04. The van der Waals surface area contributed by atoms with Crippen LogP contribution in [0.3, 0.4) is 0 Å². The van der Waals surface area contributed by atoms with Crippen LogP contribution in [-0.2, 0) is 6.42 Å². The van der Waals surface area contributed by atoms with Gasteiger partial charge >= 0.3 is 0 Å². The predicted octanol–water partition coefficient (Wildman–Crippen LogP) is 7.81. The molecule has 0 spiro atoms. The van der Waals surface area contributed by atoms with Gasteiger partial charge in [0.2, 0.25) is 0 Å². The van der Waals surface area contributed by atoms with Crippen molar-refractivity contribution in [3.05, 3.63) is 54.4 Å². The molecule has 164 valence electrons. The lowest BCUT2D eigenvalue weighted by Gasteiger charge is -2.08. The Morgan fingerprint density at radius 2 is 1.67 bits per heavy atom. The van der Waals surface area contributed by atoms with Crippen LogP contribution in [0.1, 0.15) is 84.1 Å². The van der Waals surface area contributed by atoms with Gasteiger partial charge in [0.15, 0.2) is 5.82 Å². The standard InChI is InChI=1S/C27H40N2O/c1-4-6-7-8-9-13-20-30-26-18-16-25(17-19-26)27-28-21-24(22-29-27)15-12-10-11-14-23(3)5-2/h6-7,16-19,21-23H,4-5,8-15,20H2,1-3H3/t23-/m0/s1. The van der Waals surface area contributed by atoms with Crippen LogP contribution in [0.2, 0.25) is 0 Å². The maximum atomic E-state index is 5.84. The Morgan fingerprint density at radius 1 is 0.900 bits per heavy atom. The van der Waals surface area contributed by atoms with Crippen molar-refractivity contribution >= 4 is 0 Å². The molecule has 1 heterocycles. The maximum absolute atomic E-state index is 5.84. The van der Waals surface area contributed by atoms with Crippen molar-refractivity contribution in [2.24, 2.45) is 5.92 Å². The quantitative estimate of drug-likeness (QED) is 0.223. The molecule has 0 radical (unpaired) electrons. The third-order valence-electron chi connectivity index (χ3n) is 5.61. The van der Waals surface area contributed by atoms with Gasteiger partial charge in [-0.15, -0.1) is 0 Å². The number of rotatable bonds is 15. The molecule has 0 saturated heterocycles. The lowest BCUT2D eigenvalue weighted by atomic mass is 10.00. The van der Waals surface area contributed by atoms with Crippen molar-refractivity contribution in [3.8, 4) is 17.1 Å². The summed E-state index contributed by atoms with van der Waals surface area (Å²) < 4.78 is 5.84. The Bertz CT molecular complexity index is 707. The molecule has 0 aliphatic rings. The van der Waals surface area contributed by atoms with Gasteiger partial charge in [-0.25, -0.2) is 9.97 Å². The predicted molar refractivity (Wildman–Crippen MR) is 128 cm³/mol. The van der Waals surface area contributed by atoms with Gasteiger partial charge in [-0.2, -0.15) is 0 Å². The summed E-state index contributed by atoms with van der Waals surface area (Å²) in [4.78, 5) is 9.14. The molecule has 1 atom stereocenters. The SMILES string of the molecule is CCC=CCCCCOc1ccc(-c2ncc(CCCCC[C@@H](C)CC)cn2)cc1. The van der Waals surface area contributed by atoms with Crippen molar-refractivity contribution < 1.29 is 4.74 Å². The minimum absolute atomic E-state index is 0.766. The van der Waals surface area contributed by atoms with Crippen LogP contribution < -0.4 is 4.74 Å². The van der Waals surface area contributed by atoms with Gasteiger partial charge < -0.3 is 4.74 Å². The van der Waals surface area contributed by atoms with Crippen molar-refractivity contribution in [1.29, 1.82) is 0 Å². The molecule has 0 bridgehead atoms. The molecule has 3 nitrogen and oxygen atoms in total. The minimum Gasteiger partial charge on any atom is -0.494 e. The first-order chi connectivity index (χ1) is 14.7. The smallest absolute Gasteiger partial charge is 0.159 e. The summed E-state index contributed by atoms with van der Waals surface area (Å²) in [7, 11) is 0. The number of ether oxygens (including phenoxy) is 1. The molecule has 0 aliphatic carbocycles. The van der Waals surface area contributed by atoms with Crippen LogP contribution >= 0.6 is 0 Å². The van der Waals surface area contributed by atoms with Crippen LogP contribution in [-0.4, -0.2) is 16.6 Å². The van der Waals surface area contributed by atoms with E-state index in [1.165, 1.54) is 44.1 Å². The Labute approximate surface area is 184 Å². The lowest BCUT2D eigenvalue weighted by molar-refractivity contribution is 0.307. The van der Waals surface area contributed by atoms with Gasteiger partial charge in [0.1, 0.15) is 5.75 Å². The van der Waals surface area contributed by atoms with Crippen LogP contribution in [0.25, 0.3) is 11.4 Å². The van der Waals surface area contributed by atoms with E-state index in [9.17, 15) is 0 Å². The summed E-state index contributed by atoms with van der Waals surface area (Å²) >= 11 is 0. The molecule has 0 amide bonds. The number of aromatic nitrogens is 2. The number of nitrogens with zero attached hydrogens (tertiary/aromatic N) is 2. The zero-order valence-corrected chi connectivity index (χ0v) is 19.3. The Morgan fingerprint density at radius 3 is 2.37 bits per heavy atom. The summed E-state index contributed by atoms with van der Waals surface area (Å²) in [6.07, 6.45) is 20.5. The van der Waals surface area contributed by atoms with Crippen LogP contribution in [0.15, 0.2) is 48.8 Å². The van der Waals surface area contributed by atoms with E-state index in [0.29, 0.717) is 0 Å². The average Bonchev–Trinajstić information content (AvgIpc) is 2.79. The second-order valence-corrected chi connectivity index (χ2v) is 8.28. The first kappa shape index (κ1) is 24.1. The third kappa shape index (κ3) is 9.56. The highest BCUT2D eigenvalue weighted by atomic mass is 16.5. The number of benzene rings is 1. The van der Waals surface area contributed by atoms with Gasteiger partial charge in [-0.1, -0.05) is 58.6 Å². The average molecular weight is 409 g/mol. The Balaban J connectivity index is 1.70. The molecule has 0 N–H and O–H groups in total. The summed E-state index contributed by atoms with van der Waals surface area (Å²) in [6.45, 7) is 7.55. The molecular weight excluding hydrogens is 368 g/mol. The van der Waals surface area contributed by atoms with Gasteiger partial charge in [0.25, 0.3) is 0 Å². The normalized spacial score (nSPS) is 12.4. The zero-order chi connectivity index (χ0) is 21.4. The number of hydrogen-bond acceptors (Lipinski definition) is 3. The molecule has 0 fully saturated rings. The van der Waals surface area contributed by atoms with Gasteiger partial charge in [0, 0.05) is 18.0 Å². The second-order valence-electron chi connectivity index (χ2n) is 8.28. The second kappa shape index (κ2) is 14.8. The van der Waals surface area contributed by atoms with E-state index >= 15 is 0 Å². The van der Waals surface area contributed by atoms with Crippen molar-refractivity contribution in [1.82, 2.24) is 9.97 Å². The van der Waals surface area contributed by atoms with E-state index in [2.05, 4.69) is 42.9 Å². The van der Waals surface area contributed by atoms with E-state index in [1.807, 2.05) is 36.7 Å². The largest absolute Gasteiger partial charge is 0.494 e. The molecule has 2 aromatic rings. The fourth-order valence-corrected chi connectivity index (χ4v) is 3.37. The summed E-state index contributed by atoms with van der Waals surface area (Å²) in [6, 6.07) is 8.12. The number of unbranched alkanes of at least 4 members (excludes halogenated alkanes) is 4. The fourth-order valence-electron chi connectivity index (χ4n) is 3.37. The van der Waals surface area contributed by atoms with Crippen LogP contribution in [0.5, 0.6) is 5.75 Å². The molecule has 0 saturated carbocycles. The van der Waals surface area contributed by atoms with Gasteiger partial charge in [0.05, 0.1) is 6.61 Å². The van der Waals surface area contributed by atoms with Crippen LogP contribution in [0.4, 0.5) is 0 Å². The van der Waals surface area contributed by atoms with E-state index in [1.54, 1.807) is 0 Å². The first-order valence-electron chi connectivity index (χ1n) is 11.9. The minimum atomic E-state index is 0.766. The van der Waals surface area contributed by atoms with E-state index in [0.717, 1.165) is 55.3 Å². The fraction of sp³-hybridized carbons (Fsp3) is 0.556. The van der Waals surface area contributed by atoms with E-state index in [4.69, 9.17) is 4.74 Å². The van der Waals surface area contributed by atoms with Crippen molar-refractivity contribution in [2.75, 3.05) is 6.61 Å². The Hall–Kier alpha value is -2.16. The molecular formula is C27H40N2O. The molecule has 1 aromatic heterocycles. The molecule has 0 aliphatic heterocycles. The van der Waals surface area contributed by atoms with Crippen molar-refractivity contribution in [3.63, 3.8) is 0 Å². The van der Waals surface area contributed by atoms with Gasteiger partial charge in [-0.05, 0) is 74.3 Å². The van der Waals surface area contributed by atoms with Crippen LogP contribution in [0, 0.1) is 5.92 Å².